The zero-order valence-electron chi connectivity index (χ0n) is 12.2. The highest BCUT2D eigenvalue weighted by Gasteiger charge is 2.25. The number of carboxylic acid groups (broad SMARTS) is 1. The summed E-state index contributed by atoms with van der Waals surface area (Å²) in [4.78, 5) is 22.7. The average Bonchev–Trinajstić information content (AvgIpc) is 2.41. The van der Waals surface area contributed by atoms with E-state index in [-0.39, 0.29) is 11.4 Å². The van der Waals surface area contributed by atoms with Crippen molar-refractivity contribution in [2.45, 2.75) is 20.8 Å². The molecule has 5 heteroatoms. The average molecular weight is 287 g/mol. The van der Waals surface area contributed by atoms with E-state index in [0.717, 1.165) is 0 Å². The van der Waals surface area contributed by atoms with Crippen LogP contribution >= 0.6 is 0 Å². The van der Waals surface area contributed by atoms with Crippen LogP contribution < -0.4 is 4.74 Å². The fourth-order valence-corrected chi connectivity index (χ4v) is 1.58. The number of aliphatic carboxylic acids is 1. The number of carbonyl (C=O) groups is 2. The number of nitriles is 1. The Morgan fingerprint density at radius 2 is 1.95 bits per heavy atom. The molecule has 0 aromatic heterocycles. The highest BCUT2D eigenvalue weighted by atomic mass is 16.5. The van der Waals surface area contributed by atoms with E-state index in [0.29, 0.717) is 11.3 Å². The number of carbonyl (C=O) groups excluding carboxylic acids is 1. The number of nitrogens with zero attached hydrogens (tertiary/aromatic N) is 1. The highest BCUT2D eigenvalue weighted by Crippen LogP contribution is 2.25. The number of ether oxygens (including phenoxy) is 1. The second-order valence-electron chi connectivity index (χ2n) is 5.47. The molecule has 21 heavy (non-hydrogen) atoms. The molecule has 1 rings (SSSR count). The van der Waals surface area contributed by atoms with Gasteiger partial charge in [-0.25, -0.2) is 4.79 Å². The summed E-state index contributed by atoms with van der Waals surface area (Å²) in [5.41, 5.74) is -0.167. The first-order valence-corrected chi connectivity index (χ1v) is 6.36. The molecule has 0 saturated carbocycles. The van der Waals surface area contributed by atoms with Gasteiger partial charge in [0.1, 0.15) is 11.8 Å². The van der Waals surface area contributed by atoms with Crippen molar-refractivity contribution in [3.8, 4) is 11.8 Å². The van der Waals surface area contributed by atoms with E-state index in [4.69, 9.17) is 15.1 Å². The van der Waals surface area contributed by atoms with Gasteiger partial charge in [-0.05, 0) is 12.1 Å². The van der Waals surface area contributed by atoms with Crippen molar-refractivity contribution in [3.05, 3.63) is 35.4 Å². The Balaban J connectivity index is 3.15. The molecule has 0 bridgehead atoms. The van der Waals surface area contributed by atoms with Crippen LogP contribution in [0, 0.1) is 16.7 Å². The van der Waals surface area contributed by atoms with Crippen molar-refractivity contribution in [2.75, 3.05) is 6.61 Å². The first kappa shape index (κ1) is 16.4. The summed E-state index contributed by atoms with van der Waals surface area (Å²) < 4.78 is 5.14. The van der Waals surface area contributed by atoms with Gasteiger partial charge < -0.3 is 9.84 Å². The SMILES string of the molecule is CC(C)(C)C(=O)/C(C#N)=C/c1ccccc1OCC(=O)O. The number of rotatable bonds is 5. The van der Waals surface area contributed by atoms with Gasteiger partial charge in [0.15, 0.2) is 12.4 Å². The third kappa shape index (κ3) is 4.77. The maximum Gasteiger partial charge on any atom is 0.341 e. The summed E-state index contributed by atoms with van der Waals surface area (Å²) in [6, 6.07) is 8.54. The number of hydrogen-bond donors (Lipinski definition) is 1. The van der Waals surface area contributed by atoms with Crippen molar-refractivity contribution in [1.82, 2.24) is 0 Å². The normalized spacial score (nSPS) is 11.6. The molecule has 0 unspecified atom stereocenters. The van der Waals surface area contributed by atoms with Crippen molar-refractivity contribution in [1.29, 1.82) is 5.26 Å². The molecule has 0 aliphatic carbocycles. The van der Waals surface area contributed by atoms with Crippen LogP contribution in [0.4, 0.5) is 0 Å². The van der Waals surface area contributed by atoms with Gasteiger partial charge >= 0.3 is 5.97 Å². The molecule has 0 fully saturated rings. The zero-order chi connectivity index (χ0) is 16.0. The minimum absolute atomic E-state index is 0.00822. The minimum Gasteiger partial charge on any atom is -0.481 e. The maximum atomic E-state index is 12.2. The standard InChI is InChI=1S/C16H17NO4/c1-16(2,3)15(20)12(9-17)8-11-6-4-5-7-13(11)21-10-14(18)19/h4-8H,10H2,1-3H3,(H,18,19)/b12-8+. The predicted molar refractivity (Wildman–Crippen MR) is 77.6 cm³/mol. The number of carboxylic acids is 1. The summed E-state index contributed by atoms with van der Waals surface area (Å²) in [7, 11) is 0. The molecule has 1 aromatic rings. The van der Waals surface area contributed by atoms with Gasteiger partial charge in [0.2, 0.25) is 0 Å². The zero-order valence-corrected chi connectivity index (χ0v) is 12.2. The van der Waals surface area contributed by atoms with Crippen LogP contribution in [0.1, 0.15) is 26.3 Å². The Bertz CT molecular complexity index is 618. The Morgan fingerprint density at radius 3 is 2.48 bits per heavy atom. The van der Waals surface area contributed by atoms with Crippen molar-refractivity contribution >= 4 is 17.8 Å². The Morgan fingerprint density at radius 1 is 1.33 bits per heavy atom. The van der Waals surface area contributed by atoms with Crippen LogP contribution in [0.5, 0.6) is 5.75 Å². The van der Waals surface area contributed by atoms with E-state index in [1.165, 1.54) is 6.08 Å². The van der Waals surface area contributed by atoms with E-state index >= 15 is 0 Å². The molecular formula is C16H17NO4. The van der Waals surface area contributed by atoms with E-state index < -0.39 is 18.0 Å². The molecule has 1 aromatic carbocycles. The number of Topliss-reactive ketones (excluding diaryl/α,β-unsaturated/α-hetero) is 1. The molecule has 0 aliphatic heterocycles. The summed E-state index contributed by atoms with van der Waals surface area (Å²) in [6.07, 6.45) is 1.42. The van der Waals surface area contributed by atoms with Gasteiger partial charge in [-0.15, -0.1) is 0 Å². The van der Waals surface area contributed by atoms with E-state index in [9.17, 15) is 9.59 Å². The molecule has 0 saturated heterocycles. The first-order valence-electron chi connectivity index (χ1n) is 6.36. The highest BCUT2D eigenvalue weighted by molar-refractivity contribution is 6.06. The number of hydrogen-bond acceptors (Lipinski definition) is 4. The monoisotopic (exact) mass is 287 g/mol. The lowest BCUT2D eigenvalue weighted by Gasteiger charge is -2.15. The number of para-hydroxylation sites is 1. The fraction of sp³-hybridized carbons (Fsp3) is 0.312. The molecule has 1 N–H and O–H groups in total. The summed E-state index contributed by atoms with van der Waals surface area (Å²) in [5.74, 6) is -1.06. The molecule has 110 valence electrons. The number of benzene rings is 1. The first-order chi connectivity index (χ1) is 9.75. The summed E-state index contributed by atoms with van der Waals surface area (Å²) >= 11 is 0. The van der Waals surface area contributed by atoms with Gasteiger partial charge in [-0.3, -0.25) is 4.79 Å². The Kier molecular flexibility index (Phi) is 5.25. The molecule has 0 atom stereocenters. The molecule has 0 aliphatic rings. The number of allylic oxidation sites excluding steroid dienone is 1. The molecule has 5 nitrogen and oxygen atoms in total. The van der Waals surface area contributed by atoms with Gasteiger partial charge in [-0.1, -0.05) is 39.0 Å². The smallest absolute Gasteiger partial charge is 0.341 e. The Hall–Kier alpha value is -2.61. The maximum absolute atomic E-state index is 12.2. The van der Waals surface area contributed by atoms with Crippen LogP contribution in [0.25, 0.3) is 6.08 Å². The topological polar surface area (TPSA) is 87.4 Å². The molecular weight excluding hydrogens is 270 g/mol. The molecule has 0 radical (unpaired) electrons. The lowest BCUT2D eigenvalue weighted by Crippen LogP contribution is -2.21. The summed E-state index contributed by atoms with van der Waals surface area (Å²) in [5, 5.41) is 17.8. The molecule has 0 heterocycles. The van der Waals surface area contributed by atoms with Crippen LogP contribution in [-0.4, -0.2) is 23.5 Å². The minimum atomic E-state index is -1.10. The quantitative estimate of drug-likeness (QED) is 0.664. The third-order valence-corrected chi connectivity index (χ3v) is 2.62. The predicted octanol–water partition coefficient (Wildman–Crippen LogP) is 2.67. The lowest BCUT2D eigenvalue weighted by atomic mass is 9.86. The van der Waals surface area contributed by atoms with Crippen LogP contribution in [-0.2, 0) is 9.59 Å². The number of ketones is 1. The van der Waals surface area contributed by atoms with Gasteiger partial charge in [0.05, 0.1) is 5.57 Å². The Labute approximate surface area is 123 Å². The summed E-state index contributed by atoms with van der Waals surface area (Å²) in [6.45, 7) is 4.70. The van der Waals surface area contributed by atoms with E-state index in [1.54, 1.807) is 45.0 Å². The van der Waals surface area contributed by atoms with Gasteiger partial charge in [0, 0.05) is 11.0 Å². The van der Waals surface area contributed by atoms with Crippen molar-refractivity contribution in [3.63, 3.8) is 0 Å². The van der Waals surface area contributed by atoms with Gasteiger partial charge in [-0.2, -0.15) is 5.26 Å². The molecule has 0 spiro atoms. The van der Waals surface area contributed by atoms with Gasteiger partial charge in [0.25, 0.3) is 0 Å². The van der Waals surface area contributed by atoms with E-state index in [2.05, 4.69) is 0 Å². The van der Waals surface area contributed by atoms with Crippen LogP contribution in [0.15, 0.2) is 29.8 Å². The third-order valence-electron chi connectivity index (χ3n) is 2.62. The second kappa shape index (κ2) is 6.71. The van der Waals surface area contributed by atoms with Crippen LogP contribution in [0.3, 0.4) is 0 Å². The largest absolute Gasteiger partial charge is 0.481 e. The fourth-order valence-electron chi connectivity index (χ4n) is 1.58. The van der Waals surface area contributed by atoms with E-state index in [1.807, 2.05) is 6.07 Å². The second-order valence-corrected chi connectivity index (χ2v) is 5.47. The lowest BCUT2D eigenvalue weighted by molar-refractivity contribution is -0.139. The van der Waals surface area contributed by atoms with Crippen molar-refractivity contribution in [2.24, 2.45) is 5.41 Å². The molecule has 0 amide bonds. The van der Waals surface area contributed by atoms with Crippen molar-refractivity contribution < 1.29 is 19.4 Å². The van der Waals surface area contributed by atoms with Crippen LogP contribution in [0.2, 0.25) is 0 Å².